The van der Waals surface area contributed by atoms with E-state index in [9.17, 15) is 4.79 Å². The first-order valence-electron chi connectivity index (χ1n) is 10.5. The number of hydrogen-bond acceptors (Lipinski definition) is 4. The molecule has 1 aliphatic rings. The average Bonchev–Trinajstić information content (AvgIpc) is 3.24. The van der Waals surface area contributed by atoms with Gasteiger partial charge in [-0.15, -0.1) is 0 Å². The van der Waals surface area contributed by atoms with Crippen molar-refractivity contribution in [2.45, 2.75) is 13.3 Å². The highest BCUT2D eigenvalue weighted by molar-refractivity contribution is 5.95. The standard InChI is InChI=1S/C24H27N5O/c1-2-22-21(19-26-29(22)23-12-6-7-13-25-23)24(30)28-17-15-27(16-18-28)14-8-11-20-9-4-3-5-10-20/h3-13,19H,2,14-18H2,1H3/b11-8+. The Hall–Kier alpha value is -3.25. The zero-order valence-corrected chi connectivity index (χ0v) is 17.3. The third kappa shape index (κ3) is 4.49. The number of piperazine rings is 1. The minimum atomic E-state index is 0.0634. The van der Waals surface area contributed by atoms with Gasteiger partial charge in [-0.1, -0.05) is 55.5 Å². The number of hydrogen-bond donors (Lipinski definition) is 0. The monoisotopic (exact) mass is 401 g/mol. The van der Waals surface area contributed by atoms with Crippen LogP contribution in [0.25, 0.3) is 11.9 Å². The lowest BCUT2D eigenvalue weighted by Gasteiger charge is -2.34. The Morgan fingerprint density at radius 1 is 1.03 bits per heavy atom. The van der Waals surface area contributed by atoms with Gasteiger partial charge in [-0.05, 0) is 24.1 Å². The van der Waals surface area contributed by atoms with E-state index in [2.05, 4.69) is 39.3 Å². The van der Waals surface area contributed by atoms with Gasteiger partial charge in [0.05, 0.1) is 17.5 Å². The molecule has 0 aliphatic carbocycles. The van der Waals surface area contributed by atoms with Crippen molar-refractivity contribution < 1.29 is 4.79 Å². The first-order chi connectivity index (χ1) is 14.8. The van der Waals surface area contributed by atoms with Crippen LogP contribution in [0.2, 0.25) is 0 Å². The molecule has 1 amide bonds. The van der Waals surface area contributed by atoms with Crippen molar-refractivity contribution in [3.63, 3.8) is 0 Å². The molecule has 0 unspecified atom stereocenters. The second-order valence-corrected chi connectivity index (χ2v) is 7.36. The minimum Gasteiger partial charge on any atom is -0.336 e. The molecule has 154 valence electrons. The highest BCUT2D eigenvalue weighted by atomic mass is 16.2. The van der Waals surface area contributed by atoms with E-state index in [0.717, 1.165) is 50.7 Å². The molecule has 3 aromatic rings. The second kappa shape index (κ2) is 9.50. The van der Waals surface area contributed by atoms with Crippen LogP contribution in [0.3, 0.4) is 0 Å². The Kier molecular flexibility index (Phi) is 6.35. The molecule has 0 N–H and O–H groups in total. The molecule has 2 aromatic heterocycles. The van der Waals surface area contributed by atoms with Gasteiger partial charge in [0.2, 0.25) is 0 Å². The zero-order chi connectivity index (χ0) is 20.8. The first kappa shape index (κ1) is 20.0. The Morgan fingerprint density at radius 2 is 1.80 bits per heavy atom. The van der Waals surface area contributed by atoms with Crippen LogP contribution in [-0.4, -0.2) is 63.2 Å². The van der Waals surface area contributed by atoms with Crippen LogP contribution in [0.15, 0.2) is 67.0 Å². The summed E-state index contributed by atoms with van der Waals surface area (Å²) in [5, 5.41) is 4.44. The van der Waals surface area contributed by atoms with E-state index in [-0.39, 0.29) is 5.91 Å². The lowest BCUT2D eigenvalue weighted by Crippen LogP contribution is -2.48. The molecule has 0 atom stereocenters. The maximum absolute atomic E-state index is 13.1. The number of benzene rings is 1. The maximum atomic E-state index is 13.1. The molecule has 0 radical (unpaired) electrons. The summed E-state index contributed by atoms with van der Waals surface area (Å²) in [7, 11) is 0. The molecule has 4 rings (SSSR count). The van der Waals surface area contributed by atoms with Crippen molar-refractivity contribution in [2.75, 3.05) is 32.7 Å². The normalized spacial score (nSPS) is 15.0. The Labute approximate surface area is 177 Å². The van der Waals surface area contributed by atoms with Gasteiger partial charge in [0, 0.05) is 38.9 Å². The van der Waals surface area contributed by atoms with E-state index in [0.29, 0.717) is 5.56 Å². The molecular weight excluding hydrogens is 374 g/mol. The summed E-state index contributed by atoms with van der Waals surface area (Å²) in [4.78, 5) is 21.8. The zero-order valence-electron chi connectivity index (χ0n) is 17.3. The van der Waals surface area contributed by atoms with Crippen molar-refractivity contribution in [1.29, 1.82) is 0 Å². The number of carbonyl (C=O) groups excluding carboxylic acids is 1. The lowest BCUT2D eigenvalue weighted by atomic mass is 10.1. The van der Waals surface area contributed by atoms with Gasteiger partial charge in [0.25, 0.3) is 5.91 Å². The Balaban J connectivity index is 1.37. The summed E-state index contributed by atoms with van der Waals surface area (Å²) in [6.07, 6.45) is 8.49. The molecular formula is C24H27N5O. The number of nitrogens with zero attached hydrogens (tertiary/aromatic N) is 5. The van der Waals surface area contributed by atoms with Crippen LogP contribution in [-0.2, 0) is 6.42 Å². The van der Waals surface area contributed by atoms with Crippen molar-refractivity contribution in [1.82, 2.24) is 24.6 Å². The molecule has 6 heteroatoms. The number of amides is 1. The summed E-state index contributed by atoms with van der Waals surface area (Å²) in [5.41, 5.74) is 2.80. The van der Waals surface area contributed by atoms with Gasteiger partial charge in [0.15, 0.2) is 5.82 Å². The third-order valence-electron chi connectivity index (χ3n) is 5.43. The van der Waals surface area contributed by atoms with Crippen molar-refractivity contribution in [3.05, 3.63) is 83.8 Å². The SMILES string of the molecule is CCc1c(C(=O)N2CCN(C/C=C/c3ccccc3)CC2)cnn1-c1ccccn1. The van der Waals surface area contributed by atoms with Crippen LogP contribution in [0.1, 0.15) is 28.5 Å². The second-order valence-electron chi connectivity index (χ2n) is 7.36. The fourth-order valence-electron chi connectivity index (χ4n) is 3.77. The van der Waals surface area contributed by atoms with Crippen LogP contribution in [0.4, 0.5) is 0 Å². The highest BCUT2D eigenvalue weighted by Gasteiger charge is 2.25. The summed E-state index contributed by atoms with van der Waals surface area (Å²) < 4.78 is 1.78. The molecule has 1 saturated heterocycles. The molecule has 3 heterocycles. The van der Waals surface area contributed by atoms with Gasteiger partial charge < -0.3 is 4.90 Å². The topological polar surface area (TPSA) is 54.3 Å². The van der Waals surface area contributed by atoms with E-state index in [1.54, 1.807) is 17.1 Å². The molecule has 0 spiro atoms. The number of carbonyl (C=O) groups is 1. The molecule has 1 aromatic carbocycles. The fourth-order valence-corrected chi connectivity index (χ4v) is 3.77. The minimum absolute atomic E-state index is 0.0634. The van der Waals surface area contributed by atoms with Crippen LogP contribution in [0.5, 0.6) is 0 Å². The van der Waals surface area contributed by atoms with E-state index >= 15 is 0 Å². The summed E-state index contributed by atoms with van der Waals surface area (Å²) >= 11 is 0. The van der Waals surface area contributed by atoms with E-state index in [1.807, 2.05) is 48.2 Å². The average molecular weight is 402 g/mol. The van der Waals surface area contributed by atoms with E-state index in [4.69, 9.17) is 0 Å². The summed E-state index contributed by atoms with van der Waals surface area (Å²) in [6.45, 7) is 6.16. The third-order valence-corrected chi connectivity index (χ3v) is 5.43. The maximum Gasteiger partial charge on any atom is 0.257 e. The number of aromatic nitrogens is 3. The van der Waals surface area contributed by atoms with Crippen LogP contribution in [0, 0.1) is 0 Å². The molecule has 0 saturated carbocycles. The number of pyridine rings is 1. The van der Waals surface area contributed by atoms with Crippen molar-refractivity contribution in [3.8, 4) is 5.82 Å². The predicted octanol–water partition coefficient (Wildman–Crippen LogP) is 3.30. The van der Waals surface area contributed by atoms with Gasteiger partial charge in [-0.3, -0.25) is 9.69 Å². The summed E-state index contributed by atoms with van der Waals surface area (Å²) in [6, 6.07) is 16.0. The van der Waals surface area contributed by atoms with Gasteiger partial charge in [0.1, 0.15) is 0 Å². The van der Waals surface area contributed by atoms with Gasteiger partial charge in [-0.2, -0.15) is 5.10 Å². The van der Waals surface area contributed by atoms with Gasteiger partial charge in [-0.25, -0.2) is 9.67 Å². The predicted molar refractivity (Wildman–Crippen MR) is 119 cm³/mol. The smallest absolute Gasteiger partial charge is 0.257 e. The number of rotatable bonds is 6. The van der Waals surface area contributed by atoms with Gasteiger partial charge >= 0.3 is 0 Å². The molecule has 1 aliphatic heterocycles. The van der Waals surface area contributed by atoms with Crippen LogP contribution >= 0.6 is 0 Å². The van der Waals surface area contributed by atoms with E-state index < -0.39 is 0 Å². The summed E-state index contributed by atoms with van der Waals surface area (Å²) in [5.74, 6) is 0.803. The lowest BCUT2D eigenvalue weighted by molar-refractivity contribution is 0.0649. The van der Waals surface area contributed by atoms with Crippen molar-refractivity contribution >= 4 is 12.0 Å². The quantitative estimate of drug-likeness (QED) is 0.636. The first-order valence-corrected chi connectivity index (χ1v) is 10.5. The fraction of sp³-hybridized carbons (Fsp3) is 0.292. The Morgan fingerprint density at radius 3 is 2.50 bits per heavy atom. The molecule has 1 fully saturated rings. The van der Waals surface area contributed by atoms with Crippen molar-refractivity contribution in [2.24, 2.45) is 0 Å². The molecule has 6 nitrogen and oxygen atoms in total. The highest BCUT2D eigenvalue weighted by Crippen LogP contribution is 2.17. The van der Waals surface area contributed by atoms with E-state index in [1.165, 1.54) is 5.56 Å². The Bertz CT molecular complexity index is 989. The largest absolute Gasteiger partial charge is 0.336 e. The molecule has 30 heavy (non-hydrogen) atoms. The molecule has 0 bridgehead atoms. The van der Waals surface area contributed by atoms with Crippen LogP contribution < -0.4 is 0 Å².